The summed E-state index contributed by atoms with van der Waals surface area (Å²) in [5.41, 5.74) is 0. The predicted molar refractivity (Wildman–Crippen MR) is 358 cm³/mol. The fourth-order valence-electron chi connectivity index (χ4n) is 10.0. The van der Waals surface area contributed by atoms with Crippen LogP contribution in [0.1, 0.15) is 325 Å². The van der Waals surface area contributed by atoms with Gasteiger partial charge in [0.15, 0.2) is 12.2 Å². The summed E-state index contributed by atoms with van der Waals surface area (Å²) < 4.78 is 68.2. The molecule has 0 aromatic heterocycles. The summed E-state index contributed by atoms with van der Waals surface area (Å²) in [6, 6.07) is 0. The van der Waals surface area contributed by atoms with Crippen LogP contribution in [0.2, 0.25) is 0 Å². The van der Waals surface area contributed by atoms with Crippen LogP contribution in [-0.4, -0.2) is 96.7 Å². The van der Waals surface area contributed by atoms with Crippen LogP contribution in [0, 0.1) is 17.8 Å². The number of ether oxygens (including phenoxy) is 4. The van der Waals surface area contributed by atoms with Gasteiger partial charge in [-0.25, -0.2) is 9.13 Å². The second-order valence-corrected chi connectivity index (χ2v) is 28.9. The number of esters is 4. The highest BCUT2D eigenvalue weighted by Gasteiger charge is 2.30. The van der Waals surface area contributed by atoms with Gasteiger partial charge in [-0.3, -0.25) is 37.3 Å². The maximum Gasteiger partial charge on any atom is 0.472 e. The normalized spacial score (nSPS) is 14.4. The Morgan fingerprint density at radius 3 is 0.910 bits per heavy atom. The van der Waals surface area contributed by atoms with Gasteiger partial charge in [-0.1, -0.05) is 272 Å². The molecule has 0 saturated carbocycles. The molecule has 0 aromatic carbocycles. The predicted octanol–water partition coefficient (Wildman–Crippen LogP) is 19.4. The number of aliphatic hydroxyl groups is 1. The van der Waals surface area contributed by atoms with Crippen LogP contribution in [-0.2, 0) is 65.4 Å². The molecule has 3 N–H and O–H groups in total. The van der Waals surface area contributed by atoms with Gasteiger partial charge in [-0.05, 0) is 69.1 Å². The third-order valence-corrected chi connectivity index (χ3v) is 17.4. The van der Waals surface area contributed by atoms with Crippen molar-refractivity contribution in [3.05, 3.63) is 24.3 Å². The monoisotopic (exact) mass is 1310 g/mol. The smallest absolute Gasteiger partial charge is 0.462 e. The van der Waals surface area contributed by atoms with Gasteiger partial charge >= 0.3 is 39.5 Å². The first kappa shape index (κ1) is 86.5. The van der Waals surface area contributed by atoms with Crippen molar-refractivity contribution in [1.29, 1.82) is 0 Å². The number of carbonyl (C=O) groups is 4. The standard InChI is InChI=1S/C70H132O17P2/c1-8-9-10-11-12-13-14-15-16-17-20-23-29-37-44-51-67(72)80-57-65(86-69(74)53-46-39-30-24-21-18-19-22-27-34-41-48-61(2)3)59-84-88(76,77)82-55-64(71)56-83-89(78,79)85-60-66(58-81-68(73)52-45-38-33-32-36-43-50-63(6)7)87-70(75)54-47-40-31-26-25-28-35-42-49-62(4)5/h13-16,61-66,71H,8-12,17-60H2,1-7H3,(H,76,77)(H,78,79)/b14-13-,16-15-/t64-,65-,66-/m1/s1. The quantitative estimate of drug-likeness (QED) is 0.0169. The zero-order chi connectivity index (χ0) is 65.9. The molecule has 89 heavy (non-hydrogen) atoms. The first-order valence-electron chi connectivity index (χ1n) is 35.7. The van der Waals surface area contributed by atoms with E-state index in [0.717, 1.165) is 121 Å². The molecule has 0 radical (unpaired) electrons. The molecule has 0 saturated heterocycles. The van der Waals surface area contributed by atoms with E-state index in [1.54, 1.807) is 0 Å². The van der Waals surface area contributed by atoms with Gasteiger partial charge in [0, 0.05) is 25.7 Å². The van der Waals surface area contributed by atoms with Gasteiger partial charge in [-0.15, -0.1) is 0 Å². The molecule has 0 aliphatic carbocycles. The van der Waals surface area contributed by atoms with Gasteiger partial charge in [-0.2, -0.15) is 0 Å². The lowest BCUT2D eigenvalue weighted by Crippen LogP contribution is -2.30. The molecule has 0 aliphatic rings. The fraction of sp³-hybridized carbons (Fsp3) is 0.886. The Bertz CT molecular complexity index is 1840. The summed E-state index contributed by atoms with van der Waals surface area (Å²) >= 11 is 0. The molecule has 0 heterocycles. The lowest BCUT2D eigenvalue weighted by Gasteiger charge is -2.21. The summed E-state index contributed by atoms with van der Waals surface area (Å²) in [6.07, 6.45) is 46.8. The average Bonchev–Trinajstić information content (AvgIpc) is 3.70. The van der Waals surface area contributed by atoms with Crippen molar-refractivity contribution in [3.8, 4) is 0 Å². The Morgan fingerprint density at radius 1 is 0.348 bits per heavy atom. The minimum Gasteiger partial charge on any atom is -0.462 e. The molecule has 0 rings (SSSR count). The summed E-state index contributed by atoms with van der Waals surface area (Å²) in [5, 5.41) is 10.6. The van der Waals surface area contributed by atoms with E-state index in [-0.39, 0.29) is 25.7 Å². The van der Waals surface area contributed by atoms with Crippen LogP contribution >= 0.6 is 15.6 Å². The minimum atomic E-state index is -4.96. The number of aliphatic hydroxyl groups excluding tert-OH is 1. The lowest BCUT2D eigenvalue weighted by molar-refractivity contribution is -0.161. The average molecular weight is 1310 g/mol. The number of unbranched alkanes of at least 4 members (excludes halogenated alkanes) is 31. The van der Waals surface area contributed by atoms with Crippen LogP contribution in [0.5, 0.6) is 0 Å². The highest BCUT2D eigenvalue weighted by molar-refractivity contribution is 7.47. The minimum absolute atomic E-state index is 0.0989. The van der Waals surface area contributed by atoms with Gasteiger partial charge in [0.25, 0.3) is 0 Å². The second-order valence-electron chi connectivity index (χ2n) is 26.0. The maximum atomic E-state index is 13.0. The summed E-state index contributed by atoms with van der Waals surface area (Å²) in [6.45, 7) is 11.6. The molecule has 19 heteroatoms. The molecule has 0 aromatic rings. The molecule has 0 spiro atoms. The van der Waals surface area contributed by atoms with Crippen molar-refractivity contribution in [3.63, 3.8) is 0 Å². The van der Waals surface area contributed by atoms with Crippen LogP contribution in [0.25, 0.3) is 0 Å². The fourth-order valence-corrected chi connectivity index (χ4v) is 11.6. The SMILES string of the molecule is CCCCCC/C=C\C=C/CCCCCCCC(=O)OC[C@H](COP(=O)(O)OC[C@@H](O)COP(=O)(O)OC[C@@H](COC(=O)CCCCCCCCC(C)C)OC(=O)CCCCCCCCCCC(C)C)OC(=O)CCCCCCCCCCCCCC(C)C. The van der Waals surface area contributed by atoms with Crippen LogP contribution < -0.4 is 0 Å². The Balaban J connectivity index is 5.28. The third kappa shape index (κ3) is 64.1. The topological polar surface area (TPSA) is 237 Å². The molecular weight excluding hydrogens is 1170 g/mol. The Labute approximate surface area is 542 Å². The van der Waals surface area contributed by atoms with Crippen molar-refractivity contribution in [2.24, 2.45) is 17.8 Å². The van der Waals surface area contributed by atoms with Gasteiger partial charge in [0.1, 0.15) is 19.3 Å². The number of phosphoric ester groups is 2. The molecule has 0 bridgehead atoms. The molecular formula is C70H132O17P2. The zero-order valence-electron chi connectivity index (χ0n) is 57.4. The van der Waals surface area contributed by atoms with Crippen molar-refractivity contribution >= 4 is 39.5 Å². The largest absolute Gasteiger partial charge is 0.472 e. The first-order chi connectivity index (χ1) is 42.7. The lowest BCUT2D eigenvalue weighted by atomic mass is 10.0. The van der Waals surface area contributed by atoms with Crippen molar-refractivity contribution in [2.75, 3.05) is 39.6 Å². The molecule has 0 aliphatic heterocycles. The van der Waals surface area contributed by atoms with Crippen molar-refractivity contribution in [1.82, 2.24) is 0 Å². The van der Waals surface area contributed by atoms with E-state index in [9.17, 15) is 43.2 Å². The molecule has 2 unspecified atom stereocenters. The first-order valence-corrected chi connectivity index (χ1v) is 38.7. The van der Waals surface area contributed by atoms with E-state index in [1.165, 1.54) is 109 Å². The summed E-state index contributed by atoms with van der Waals surface area (Å²) in [5.74, 6) is -0.00354. The van der Waals surface area contributed by atoms with Crippen LogP contribution in [0.4, 0.5) is 0 Å². The Hall–Kier alpha value is -2.46. The molecule has 5 atom stereocenters. The van der Waals surface area contributed by atoms with Crippen LogP contribution in [0.3, 0.4) is 0 Å². The van der Waals surface area contributed by atoms with E-state index in [1.807, 2.05) is 0 Å². The van der Waals surface area contributed by atoms with Gasteiger partial charge in [0.05, 0.1) is 26.4 Å². The highest BCUT2D eigenvalue weighted by Crippen LogP contribution is 2.45. The van der Waals surface area contributed by atoms with E-state index >= 15 is 0 Å². The zero-order valence-corrected chi connectivity index (χ0v) is 59.2. The maximum absolute atomic E-state index is 13.0. The molecule has 0 fully saturated rings. The van der Waals surface area contributed by atoms with Gasteiger partial charge in [0.2, 0.25) is 0 Å². The Morgan fingerprint density at radius 2 is 0.607 bits per heavy atom. The third-order valence-electron chi connectivity index (χ3n) is 15.5. The van der Waals surface area contributed by atoms with E-state index in [0.29, 0.717) is 37.5 Å². The number of rotatable bonds is 66. The van der Waals surface area contributed by atoms with Gasteiger partial charge < -0.3 is 33.8 Å². The van der Waals surface area contributed by atoms with Crippen molar-refractivity contribution < 1.29 is 80.2 Å². The molecule has 0 amide bonds. The van der Waals surface area contributed by atoms with E-state index in [2.05, 4.69) is 72.8 Å². The molecule has 17 nitrogen and oxygen atoms in total. The number of hydrogen-bond acceptors (Lipinski definition) is 15. The van der Waals surface area contributed by atoms with E-state index in [4.69, 9.17) is 37.0 Å². The molecule has 524 valence electrons. The summed E-state index contributed by atoms with van der Waals surface area (Å²) in [4.78, 5) is 72.5. The second kappa shape index (κ2) is 60.5. The summed E-state index contributed by atoms with van der Waals surface area (Å²) in [7, 11) is -9.91. The highest BCUT2D eigenvalue weighted by atomic mass is 31.2. The van der Waals surface area contributed by atoms with Crippen molar-refractivity contribution in [2.45, 2.75) is 343 Å². The Kier molecular flexibility index (Phi) is 58.8. The number of allylic oxidation sites excluding steroid dienone is 4. The number of carbonyl (C=O) groups excluding carboxylic acids is 4. The van der Waals surface area contributed by atoms with Crippen LogP contribution in [0.15, 0.2) is 24.3 Å². The van der Waals surface area contributed by atoms with E-state index < -0.39 is 97.5 Å². The number of phosphoric acid groups is 2. The number of hydrogen-bond donors (Lipinski definition) is 3.